The van der Waals surface area contributed by atoms with Gasteiger partial charge in [0.2, 0.25) is 5.91 Å². The Labute approximate surface area is 205 Å². The summed E-state index contributed by atoms with van der Waals surface area (Å²) in [4.78, 5) is 26.2. The normalized spacial score (nSPS) is 16.6. The van der Waals surface area contributed by atoms with Gasteiger partial charge in [0.1, 0.15) is 5.41 Å². The van der Waals surface area contributed by atoms with Crippen LogP contribution in [0.5, 0.6) is 0 Å². The molecule has 204 valence electrons. The molecule has 2 N–H and O–H groups in total. The van der Waals surface area contributed by atoms with Crippen molar-refractivity contribution in [2.24, 2.45) is 11.3 Å². The molecule has 1 atom stereocenters. The molecule has 1 heterocycles. The predicted molar refractivity (Wildman–Crippen MR) is 119 cm³/mol. The van der Waals surface area contributed by atoms with E-state index in [0.717, 1.165) is 23.1 Å². The Morgan fingerprint density at radius 2 is 1.50 bits per heavy atom. The highest BCUT2D eigenvalue weighted by Crippen LogP contribution is 2.39. The molecule has 5 nitrogen and oxygen atoms in total. The zero-order valence-corrected chi connectivity index (χ0v) is 20.8. The lowest BCUT2D eigenvalue weighted by molar-refractivity contribution is -0.211. The molecular weight excluding hydrogens is 521 g/mol. The minimum absolute atomic E-state index is 0.0258. The molecule has 14 heteroatoms. The summed E-state index contributed by atoms with van der Waals surface area (Å²) in [5.74, 6) is -2.06. The first kappa shape index (κ1) is 30.2. The van der Waals surface area contributed by atoms with Crippen LogP contribution in [0.4, 0.5) is 35.1 Å². The van der Waals surface area contributed by atoms with Gasteiger partial charge in [-0.15, -0.1) is 0 Å². The molecular formula is C22H28F8N3O2P. The van der Waals surface area contributed by atoms with Crippen molar-refractivity contribution < 1.29 is 44.7 Å². The van der Waals surface area contributed by atoms with Crippen LogP contribution in [-0.4, -0.2) is 55.6 Å². The number of carbonyl (C=O) groups excluding carboxylic acids is 2. The van der Waals surface area contributed by atoms with Gasteiger partial charge in [-0.25, -0.2) is 0 Å². The van der Waals surface area contributed by atoms with Crippen molar-refractivity contribution in [2.45, 2.75) is 44.7 Å². The lowest BCUT2D eigenvalue weighted by atomic mass is 9.91. The first-order valence-electron chi connectivity index (χ1n) is 11.1. The average Bonchev–Trinajstić information content (AvgIpc) is 2.76. The van der Waals surface area contributed by atoms with E-state index in [2.05, 4.69) is 10.6 Å². The van der Waals surface area contributed by atoms with Gasteiger partial charge in [-0.1, -0.05) is 9.24 Å². The van der Waals surface area contributed by atoms with E-state index < -0.39 is 51.9 Å². The predicted octanol–water partition coefficient (Wildman–Crippen LogP) is 4.78. The Balaban J connectivity index is 1.85. The number of piperidine rings is 1. The Kier molecular flexibility index (Phi) is 9.37. The van der Waals surface area contributed by atoms with Crippen LogP contribution in [0.25, 0.3) is 0 Å². The second kappa shape index (κ2) is 11.2. The van der Waals surface area contributed by atoms with Gasteiger partial charge in [0.25, 0.3) is 11.6 Å². The summed E-state index contributed by atoms with van der Waals surface area (Å²) in [6, 6.07) is 1.53. The molecule has 1 fully saturated rings. The second-order valence-electron chi connectivity index (χ2n) is 9.29. The molecule has 0 saturated carbocycles. The molecule has 0 spiro atoms. The minimum atomic E-state index is -4.91. The molecule has 2 rings (SSSR count). The van der Waals surface area contributed by atoms with Crippen LogP contribution in [0.3, 0.4) is 0 Å². The van der Waals surface area contributed by atoms with Crippen LogP contribution in [0.1, 0.15) is 48.2 Å². The molecule has 1 aromatic rings. The van der Waals surface area contributed by atoms with E-state index in [4.69, 9.17) is 0 Å². The zero-order chi connectivity index (χ0) is 27.5. The topological polar surface area (TPSA) is 61.4 Å². The molecule has 2 amide bonds. The third kappa shape index (κ3) is 7.99. The maximum atomic E-state index is 13.6. The standard InChI is InChI=1S/C22H28F8N3O2P/c1-19(2,22(28,29)30)18(35)31-5-8-33-6-3-13(4-7-33)12-32-17(34)14-9-15(20(23,24)25)11-16(10-14)21(26,27)36/h9-11,13H,3-8,12,36H2,1-2H3,(H,31,35)(H,32,34). The van der Waals surface area contributed by atoms with Crippen molar-refractivity contribution in [3.05, 3.63) is 34.9 Å². The highest BCUT2D eigenvalue weighted by Gasteiger charge is 2.52. The van der Waals surface area contributed by atoms with Gasteiger partial charge < -0.3 is 15.5 Å². The summed E-state index contributed by atoms with van der Waals surface area (Å²) in [6.45, 7) is 3.14. The zero-order valence-electron chi connectivity index (χ0n) is 19.6. The van der Waals surface area contributed by atoms with E-state index in [9.17, 15) is 44.7 Å². The van der Waals surface area contributed by atoms with E-state index in [1.807, 2.05) is 4.90 Å². The summed E-state index contributed by atoms with van der Waals surface area (Å²) in [7, 11) is 1.14. The monoisotopic (exact) mass is 549 g/mol. The van der Waals surface area contributed by atoms with Crippen LogP contribution >= 0.6 is 9.24 Å². The third-order valence-electron chi connectivity index (χ3n) is 6.16. The highest BCUT2D eigenvalue weighted by atomic mass is 31.0. The number of hydrogen-bond acceptors (Lipinski definition) is 3. The second-order valence-corrected chi connectivity index (χ2v) is 10.0. The number of nitrogens with zero attached hydrogens (tertiary/aromatic N) is 1. The molecule has 1 aliphatic heterocycles. The maximum Gasteiger partial charge on any atom is 0.416 e. The Hall–Kier alpha value is -2.01. The summed E-state index contributed by atoms with van der Waals surface area (Å²) < 4.78 is 105. The number of benzene rings is 1. The number of carbonyl (C=O) groups is 2. The molecule has 1 unspecified atom stereocenters. The third-order valence-corrected chi connectivity index (χ3v) is 6.49. The fraction of sp³-hybridized carbons (Fsp3) is 0.636. The average molecular weight is 549 g/mol. The van der Waals surface area contributed by atoms with E-state index >= 15 is 0 Å². The van der Waals surface area contributed by atoms with Crippen LogP contribution < -0.4 is 10.6 Å². The summed E-state index contributed by atoms with van der Waals surface area (Å²) >= 11 is 0. The van der Waals surface area contributed by atoms with Crippen LogP contribution in [-0.2, 0) is 16.6 Å². The van der Waals surface area contributed by atoms with E-state index in [-0.39, 0.29) is 19.0 Å². The summed E-state index contributed by atoms with van der Waals surface area (Å²) in [5.41, 5.74) is -9.00. The van der Waals surface area contributed by atoms with E-state index in [1.54, 1.807) is 0 Å². The first-order chi connectivity index (χ1) is 16.3. The van der Waals surface area contributed by atoms with Crippen molar-refractivity contribution in [2.75, 3.05) is 32.7 Å². The molecule has 1 aromatic carbocycles. The highest BCUT2D eigenvalue weighted by molar-refractivity contribution is 7.17. The molecule has 0 radical (unpaired) electrons. The van der Waals surface area contributed by atoms with E-state index in [1.165, 1.54) is 0 Å². The number of amides is 2. The molecule has 0 aromatic heterocycles. The SMILES string of the molecule is CC(C)(C(=O)NCCN1CCC(CNC(=O)c2cc(C(F)(F)F)cc(C(F)(F)P)c2)CC1)C(F)(F)F. The van der Waals surface area contributed by atoms with Crippen LogP contribution in [0, 0.1) is 11.3 Å². The number of alkyl halides is 8. The smallest absolute Gasteiger partial charge is 0.354 e. The fourth-order valence-electron chi connectivity index (χ4n) is 3.55. The van der Waals surface area contributed by atoms with Crippen molar-refractivity contribution in [1.82, 2.24) is 15.5 Å². The Bertz CT molecular complexity index is 904. The number of rotatable bonds is 8. The van der Waals surface area contributed by atoms with E-state index in [0.29, 0.717) is 50.7 Å². The minimum Gasteiger partial charge on any atom is -0.354 e. The Morgan fingerprint density at radius 3 is 2.00 bits per heavy atom. The number of nitrogens with one attached hydrogen (secondary N) is 2. The van der Waals surface area contributed by atoms with Crippen LogP contribution in [0.2, 0.25) is 0 Å². The molecule has 1 saturated heterocycles. The molecule has 0 aliphatic carbocycles. The maximum absolute atomic E-state index is 13.6. The fourth-order valence-corrected chi connectivity index (χ4v) is 3.71. The van der Waals surface area contributed by atoms with Crippen molar-refractivity contribution in [3.8, 4) is 0 Å². The van der Waals surface area contributed by atoms with Crippen LogP contribution in [0.15, 0.2) is 18.2 Å². The van der Waals surface area contributed by atoms with Gasteiger partial charge >= 0.3 is 12.4 Å². The summed E-state index contributed by atoms with van der Waals surface area (Å²) in [5, 5.41) is 4.77. The largest absolute Gasteiger partial charge is 0.416 e. The van der Waals surface area contributed by atoms with Crippen molar-refractivity contribution in [1.29, 1.82) is 0 Å². The van der Waals surface area contributed by atoms with Gasteiger partial charge in [0.15, 0.2) is 0 Å². The van der Waals surface area contributed by atoms with Gasteiger partial charge in [-0.2, -0.15) is 35.1 Å². The lowest BCUT2D eigenvalue weighted by Crippen LogP contribution is -2.49. The van der Waals surface area contributed by atoms with Gasteiger partial charge in [0.05, 0.1) is 5.56 Å². The van der Waals surface area contributed by atoms with Gasteiger partial charge in [0, 0.05) is 30.8 Å². The number of hydrogen-bond donors (Lipinski definition) is 2. The lowest BCUT2D eigenvalue weighted by Gasteiger charge is -2.32. The molecule has 0 bridgehead atoms. The number of halogens is 8. The van der Waals surface area contributed by atoms with Crippen molar-refractivity contribution >= 4 is 21.1 Å². The van der Waals surface area contributed by atoms with Crippen molar-refractivity contribution in [3.63, 3.8) is 0 Å². The van der Waals surface area contributed by atoms with Gasteiger partial charge in [-0.3, -0.25) is 9.59 Å². The summed E-state index contributed by atoms with van der Waals surface area (Å²) in [6.07, 6.45) is -8.42. The van der Waals surface area contributed by atoms with Gasteiger partial charge in [-0.05, 0) is 63.9 Å². The first-order valence-corrected chi connectivity index (χ1v) is 11.6. The molecule has 36 heavy (non-hydrogen) atoms. The number of likely N-dealkylation sites (tertiary alicyclic amines) is 1. The quantitative estimate of drug-likeness (QED) is 0.363. The molecule has 1 aliphatic rings. The Morgan fingerprint density at radius 1 is 0.944 bits per heavy atom.